The molecule has 2 atom stereocenters. The number of aromatic nitrogens is 3. The van der Waals surface area contributed by atoms with Crippen LogP contribution in [0.25, 0.3) is 22.2 Å². The number of H-pyrrole nitrogens is 1. The van der Waals surface area contributed by atoms with Crippen molar-refractivity contribution in [1.82, 2.24) is 25.2 Å². The normalized spacial score (nSPS) is 19.3. The van der Waals surface area contributed by atoms with Crippen molar-refractivity contribution in [2.45, 2.75) is 25.3 Å². The molecular weight excluding hydrogens is 604 g/mol. The highest BCUT2D eigenvalue weighted by Gasteiger charge is 2.39. The van der Waals surface area contributed by atoms with Gasteiger partial charge in [0.2, 0.25) is 0 Å². The molecule has 0 radical (unpaired) electrons. The lowest BCUT2D eigenvalue weighted by atomic mass is 9.91. The Bertz CT molecular complexity index is 1780. The van der Waals surface area contributed by atoms with E-state index in [9.17, 15) is 14.4 Å². The third kappa shape index (κ3) is 5.68. The van der Waals surface area contributed by atoms with E-state index >= 15 is 0 Å². The van der Waals surface area contributed by atoms with Gasteiger partial charge in [-0.3, -0.25) is 9.59 Å². The van der Waals surface area contributed by atoms with Gasteiger partial charge in [-0.1, -0.05) is 48.5 Å². The zero-order valence-corrected chi connectivity index (χ0v) is 26.2. The molecule has 0 spiro atoms. The van der Waals surface area contributed by atoms with Gasteiger partial charge in [0.15, 0.2) is 0 Å². The topological polar surface area (TPSA) is 130 Å². The fourth-order valence-corrected chi connectivity index (χ4v) is 7.59. The zero-order valence-electron chi connectivity index (χ0n) is 25.3. The van der Waals surface area contributed by atoms with E-state index in [1.54, 1.807) is 11.8 Å². The first-order valence-electron chi connectivity index (χ1n) is 15.5. The molecule has 2 amide bonds. The molecule has 0 bridgehead atoms. The number of thioether (sulfide) groups is 1. The highest BCUT2D eigenvalue weighted by atomic mass is 32.2. The van der Waals surface area contributed by atoms with E-state index in [-0.39, 0.29) is 31.6 Å². The molecule has 11 nitrogen and oxygen atoms in total. The monoisotopic (exact) mass is 638 g/mol. The summed E-state index contributed by atoms with van der Waals surface area (Å²) in [6.45, 7) is 3.33. The number of carbonyl (C=O) groups excluding carboxylic acids is 3. The highest BCUT2D eigenvalue weighted by molar-refractivity contribution is 8.04. The van der Waals surface area contributed by atoms with Crippen LogP contribution in [0.5, 0.6) is 0 Å². The number of likely N-dealkylation sites (tertiary alicyclic amines) is 1. The smallest absolute Gasteiger partial charge is 0.407 e. The number of benzene rings is 2. The maximum absolute atomic E-state index is 13.8. The number of fused-ring (bicyclic) bond motifs is 4. The van der Waals surface area contributed by atoms with Gasteiger partial charge in [-0.2, -0.15) is 0 Å². The van der Waals surface area contributed by atoms with Crippen LogP contribution in [0.15, 0.2) is 78.2 Å². The van der Waals surface area contributed by atoms with Crippen LogP contribution in [0.3, 0.4) is 0 Å². The lowest BCUT2D eigenvalue weighted by molar-refractivity contribution is -0.152. The van der Waals surface area contributed by atoms with Crippen molar-refractivity contribution >= 4 is 46.6 Å². The molecule has 1 saturated heterocycles. The fourth-order valence-electron chi connectivity index (χ4n) is 6.63. The summed E-state index contributed by atoms with van der Waals surface area (Å²) >= 11 is 1.49. The van der Waals surface area contributed by atoms with Crippen LogP contribution in [0.4, 0.5) is 10.6 Å². The average molecular weight is 639 g/mol. The van der Waals surface area contributed by atoms with E-state index in [4.69, 9.17) is 9.47 Å². The molecule has 2 aromatic carbocycles. The molecule has 1 aliphatic carbocycles. The predicted molar refractivity (Wildman–Crippen MR) is 175 cm³/mol. The number of nitrogens with zero attached hydrogens (tertiary/aromatic N) is 4. The zero-order chi connectivity index (χ0) is 31.6. The molecule has 4 aromatic rings. The van der Waals surface area contributed by atoms with Gasteiger partial charge in [0.1, 0.15) is 24.4 Å². The summed E-state index contributed by atoms with van der Waals surface area (Å²) in [7, 11) is 0. The Kier molecular flexibility index (Phi) is 8.35. The van der Waals surface area contributed by atoms with E-state index in [2.05, 4.69) is 44.5 Å². The number of alkyl carbamates (subject to hydrolysis) is 1. The number of hydrogen-bond donors (Lipinski definition) is 2. The van der Waals surface area contributed by atoms with Gasteiger partial charge < -0.3 is 29.6 Å². The van der Waals surface area contributed by atoms with E-state index < -0.39 is 24.0 Å². The number of carbonyl (C=O) groups is 3. The molecule has 4 heterocycles. The van der Waals surface area contributed by atoms with Crippen molar-refractivity contribution in [3.05, 3.63) is 89.4 Å². The number of ether oxygens (including phenoxy) is 2. The molecule has 2 aromatic heterocycles. The summed E-state index contributed by atoms with van der Waals surface area (Å²) in [5, 5.41) is 3.78. The Hall–Kier alpha value is -4.84. The number of amides is 2. The van der Waals surface area contributed by atoms with E-state index in [1.807, 2.05) is 47.6 Å². The van der Waals surface area contributed by atoms with Crippen LogP contribution in [0.2, 0.25) is 0 Å². The van der Waals surface area contributed by atoms with Crippen LogP contribution in [0, 0.1) is 5.92 Å². The van der Waals surface area contributed by atoms with Crippen LogP contribution in [-0.2, 0) is 19.1 Å². The quantitative estimate of drug-likeness (QED) is 0.278. The number of hydrogen-bond acceptors (Lipinski definition) is 9. The fraction of sp³-hybridized carbons (Fsp3) is 0.324. The van der Waals surface area contributed by atoms with Gasteiger partial charge in [-0.15, -0.1) is 11.8 Å². The minimum atomic E-state index is -0.668. The van der Waals surface area contributed by atoms with E-state index in [1.165, 1.54) is 18.1 Å². The third-order valence-electron chi connectivity index (χ3n) is 8.81. The first kappa shape index (κ1) is 29.8. The standard InChI is InChI=1S/C34H34N6O5S/c1-2-44-33(42)25-12-14-40(32(41)29-18-39(15-16-46-29)31-26-11-13-35-30(26)36-20-37-31)17-28(25)38-34(43)45-19-27-23-9-5-3-7-21(23)22-8-4-6-10-24(22)27/h3-11,13,18,20,25,27-28H,2,12,14-17,19H2,1H3,(H,38,43)(H,35,36,37)/t25-,28+/m1/s1. The van der Waals surface area contributed by atoms with Crippen molar-refractivity contribution in [3.8, 4) is 11.1 Å². The van der Waals surface area contributed by atoms with Gasteiger partial charge in [-0.25, -0.2) is 14.8 Å². The minimum absolute atomic E-state index is 0.0935. The minimum Gasteiger partial charge on any atom is -0.466 e. The van der Waals surface area contributed by atoms with Crippen LogP contribution < -0.4 is 10.2 Å². The first-order valence-corrected chi connectivity index (χ1v) is 16.5. The number of piperidine rings is 1. The maximum atomic E-state index is 13.8. The van der Waals surface area contributed by atoms with Gasteiger partial charge in [-0.05, 0) is 41.7 Å². The van der Waals surface area contributed by atoms with Crippen molar-refractivity contribution in [2.24, 2.45) is 5.92 Å². The van der Waals surface area contributed by atoms with Crippen molar-refractivity contribution in [2.75, 3.05) is 43.5 Å². The molecule has 46 heavy (non-hydrogen) atoms. The molecule has 0 unspecified atom stereocenters. The Morgan fingerprint density at radius 1 is 1.00 bits per heavy atom. The Morgan fingerprint density at radius 2 is 1.76 bits per heavy atom. The highest BCUT2D eigenvalue weighted by Crippen LogP contribution is 2.44. The van der Waals surface area contributed by atoms with Crippen molar-refractivity contribution < 1.29 is 23.9 Å². The largest absolute Gasteiger partial charge is 0.466 e. The summed E-state index contributed by atoms with van der Waals surface area (Å²) < 4.78 is 11.1. The van der Waals surface area contributed by atoms with Gasteiger partial charge >= 0.3 is 12.1 Å². The van der Waals surface area contributed by atoms with Crippen LogP contribution in [-0.4, -0.2) is 82.5 Å². The Labute approximate surface area is 270 Å². The lowest BCUT2D eigenvalue weighted by Crippen LogP contribution is -2.56. The summed E-state index contributed by atoms with van der Waals surface area (Å²) in [5.74, 6) is 0.188. The molecule has 7 rings (SSSR count). The molecule has 2 N–H and O–H groups in total. The average Bonchev–Trinajstić information content (AvgIpc) is 3.70. The maximum Gasteiger partial charge on any atom is 0.407 e. The molecular formula is C34H34N6O5S. The third-order valence-corrected chi connectivity index (χ3v) is 9.79. The van der Waals surface area contributed by atoms with E-state index in [0.717, 1.165) is 39.1 Å². The number of rotatable bonds is 7. The molecule has 1 fully saturated rings. The molecule has 236 valence electrons. The second-order valence-electron chi connectivity index (χ2n) is 11.4. The summed E-state index contributed by atoms with van der Waals surface area (Å²) in [4.78, 5) is 56.1. The SMILES string of the molecule is CCOC(=O)[C@@H]1CCN(C(=O)C2=CN(c3ncnc4[nH]ccc34)CCS2)C[C@@H]1NC(=O)OCC1c2ccccc2-c2ccccc21. The molecule has 3 aliphatic rings. The summed E-state index contributed by atoms with van der Waals surface area (Å²) in [5.41, 5.74) is 5.24. The second kappa shape index (κ2) is 12.9. The molecule has 0 saturated carbocycles. The van der Waals surface area contributed by atoms with Gasteiger partial charge in [0.25, 0.3) is 5.91 Å². The Morgan fingerprint density at radius 3 is 2.52 bits per heavy atom. The molecule has 2 aliphatic heterocycles. The lowest BCUT2D eigenvalue weighted by Gasteiger charge is -2.38. The number of nitrogens with one attached hydrogen (secondary N) is 2. The first-order chi connectivity index (χ1) is 22.5. The van der Waals surface area contributed by atoms with Crippen molar-refractivity contribution in [3.63, 3.8) is 0 Å². The number of esters is 1. The van der Waals surface area contributed by atoms with Crippen LogP contribution in [0.1, 0.15) is 30.4 Å². The second-order valence-corrected chi connectivity index (χ2v) is 12.6. The predicted octanol–water partition coefficient (Wildman–Crippen LogP) is 4.67. The van der Waals surface area contributed by atoms with Gasteiger partial charge in [0, 0.05) is 43.7 Å². The van der Waals surface area contributed by atoms with E-state index in [0.29, 0.717) is 30.2 Å². The summed E-state index contributed by atoms with van der Waals surface area (Å²) in [6, 6.07) is 17.5. The Balaban J connectivity index is 1.05. The number of anilines is 1. The van der Waals surface area contributed by atoms with Crippen LogP contribution >= 0.6 is 11.8 Å². The summed E-state index contributed by atoms with van der Waals surface area (Å²) in [6.07, 6.45) is 4.87. The van der Waals surface area contributed by atoms with Crippen molar-refractivity contribution in [1.29, 1.82) is 0 Å². The number of aromatic amines is 1. The molecule has 12 heteroatoms. The van der Waals surface area contributed by atoms with Gasteiger partial charge in [0.05, 0.1) is 28.9 Å².